The van der Waals surface area contributed by atoms with Gasteiger partial charge in [0, 0.05) is 40.9 Å². The van der Waals surface area contributed by atoms with Crippen molar-refractivity contribution in [2.45, 2.75) is 19.4 Å². The Labute approximate surface area is 218 Å². The van der Waals surface area contributed by atoms with Crippen LogP contribution in [-0.4, -0.2) is 29.5 Å². The Kier molecular flexibility index (Phi) is 7.14. The van der Waals surface area contributed by atoms with E-state index >= 15 is 0 Å². The standard InChI is InChI=1S/C28H26N4O4S/c1-36-25-13-11-23(12-14-25)31(17-20-7-9-21(10-8-20)27(33)29-16-19-5-6-19)28-30-26(18-37-28)22-3-2-4-24(15-22)32(34)35/h2-4,7-15,18-19H,5-6,16-17H2,1H3,(H,29,33). The van der Waals surface area contributed by atoms with Gasteiger partial charge in [0.1, 0.15) is 5.75 Å². The summed E-state index contributed by atoms with van der Waals surface area (Å²) in [7, 11) is 1.63. The Morgan fingerprint density at radius 1 is 1.14 bits per heavy atom. The van der Waals surface area contributed by atoms with Gasteiger partial charge in [-0.25, -0.2) is 4.98 Å². The molecule has 1 aromatic heterocycles. The number of nitrogens with one attached hydrogen (secondary N) is 1. The lowest BCUT2D eigenvalue weighted by Gasteiger charge is -2.22. The fraction of sp³-hybridized carbons (Fsp3) is 0.214. The van der Waals surface area contributed by atoms with E-state index in [1.807, 2.05) is 60.0 Å². The Morgan fingerprint density at radius 3 is 2.57 bits per heavy atom. The molecule has 1 saturated carbocycles. The maximum Gasteiger partial charge on any atom is 0.270 e. The molecule has 1 aliphatic carbocycles. The van der Waals surface area contributed by atoms with Crippen LogP contribution in [0.1, 0.15) is 28.8 Å². The van der Waals surface area contributed by atoms with Gasteiger partial charge in [0.25, 0.3) is 11.6 Å². The zero-order chi connectivity index (χ0) is 25.8. The van der Waals surface area contributed by atoms with Crippen LogP contribution >= 0.6 is 11.3 Å². The number of hydrogen-bond acceptors (Lipinski definition) is 7. The van der Waals surface area contributed by atoms with Gasteiger partial charge in [-0.15, -0.1) is 11.3 Å². The zero-order valence-electron chi connectivity index (χ0n) is 20.3. The molecule has 4 aromatic rings. The Bertz CT molecular complexity index is 1400. The highest BCUT2D eigenvalue weighted by Crippen LogP contribution is 2.35. The van der Waals surface area contributed by atoms with Gasteiger partial charge in [0.15, 0.2) is 5.13 Å². The van der Waals surface area contributed by atoms with Gasteiger partial charge in [-0.05, 0) is 60.7 Å². The Hall–Kier alpha value is -4.24. The van der Waals surface area contributed by atoms with Crippen LogP contribution in [0.4, 0.5) is 16.5 Å². The molecule has 37 heavy (non-hydrogen) atoms. The van der Waals surface area contributed by atoms with E-state index in [1.54, 1.807) is 13.2 Å². The first-order chi connectivity index (χ1) is 18.0. The predicted molar refractivity (Wildman–Crippen MR) is 145 cm³/mol. The van der Waals surface area contributed by atoms with Crippen molar-refractivity contribution in [1.82, 2.24) is 10.3 Å². The van der Waals surface area contributed by atoms with Crippen molar-refractivity contribution < 1.29 is 14.5 Å². The molecule has 0 saturated heterocycles. The number of carbonyl (C=O) groups is 1. The van der Waals surface area contributed by atoms with Crippen molar-refractivity contribution in [3.63, 3.8) is 0 Å². The number of hydrogen-bond donors (Lipinski definition) is 1. The normalized spacial score (nSPS) is 12.7. The van der Waals surface area contributed by atoms with Crippen molar-refractivity contribution in [3.05, 3.63) is 99.4 Å². The average molecular weight is 515 g/mol. The molecule has 0 atom stereocenters. The largest absolute Gasteiger partial charge is 0.497 e. The van der Waals surface area contributed by atoms with E-state index in [0.29, 0.717) is 29.3 Å². The van der Waals surface area contributed by atoms with E-state index in [2.05, 4.69) is 10.2 Å². The van der Waals surface area contributed by atoms with Gasteiger partial charge in [-0.2, -0.15) is 0 Å². The molecular weight excluding hydrogens is 488 g/mol. The highest BCUT2D eigenvalue weighted by Gasteiger charge is 2.22. The summed E-state index contributed by atoms with van der Waals surface area (Å²) in [6.45, 7) is 1.26. The number of nitrogens with zero attached hydrogens (tertiary/aromatic N) is 3. The SMILES string of the molecule is COc1ccc(N(Cc2ccc(C(=O)NCC3CC3)cc2)c2nc(-c3cccc([N+](=O)[O-])c3)cs2)cc1. The third kappa shape index (κ3) is 5.95. The van der Waals surface area contributed by atoms with Gasteiger partial charge in [-0.1, -0.05) is 24.3 Å². The number of nitro benzene ring substituents is 1. The summed E-state index contributed by atoms with van der Waals surface area (Å²) in [6, 6.07) is 21.8. The zero-order valence-corrected chi connectivity index (χ0v) is 21.1. The van der Waals surface area contributed by atoms with Crippen molar-refractivity contribution in [1.29, 1.82) is 0 Å². The molecule has 5 rings (SSSR count). The minimum absolute atomic E-state index is 0.0281. The van der Waals surface area contributed by atoms with Crippen molar-refractivity contribution in [2.75, 3.05) is 18.6 Å². The van der Waals surface area contributed by atoms with E-state index in [4.69, 9.17) is 9.72 Å². The summed E-state index contributed by atoms with van der Waals surface area (Å²) >= 11 is 1.46. The van der Waals surface area contributed by atoms with E-state index in [1.165, 1.54) is 36.3 Å². The molecular formula is C28H26N4O4S. The van der Waals surface area contributed by atoms with Crippen LogP contribution in [0.25, 0.3) is 11.3 Å². The lowest BCUT2D eigenvalue weighted by Crippen LogP contribution is -2.25. The lowest BCUT2D eigenvalue weighted by molar-refractivity contribution is -0.384. The fourth-order valence-corrected chi connectivity index (χ4v) is 4.79. The molecule has 188 valence electrons. The Balaban J connectivity index is 1.40. The van der Waals surface area contributed by atoms with Crippen LogP contribution in [0.15, 0.2) is 78.2 Å². The first-order valence-electron chi connectivity index (χ1n) is 12.0. The number of benzene rings is 3. The maximum absolute atomic E-state index is 12.4. The molecule has 1 N–H and O–H groups in total. The van der Waals surface area contributed by atoms with Crippen molar-refractivity contribution >= 4 is 33.8 Å². The van der Waals surface area contributed by atoms with Crippen LogP contribution in [0, 0.1) is 16.0 Å². The number of amides is 1. The quantitative estimate of drug-likeness (QED) is 0.200. The number of methoxy groups -OCH3 is 1. The Morgan fingerprint density at radius 2 is 1.89 bits per heavy atom. The van der Waals surface area contributed by atoms with Crippen LogP contribution < -0.4 is 15.0 Å². The molecule has 0 aliphatic heterocycles. The molecule has 9 heteroatoms. The highest BCUT2D eigenvalue weighted by molar-refractivity contribution is 7.14. The number of ether oxygens (including phenoxy) is 1. The number of rotatable bonds is 10. The third-order valence-electron chi connectivity index (χ3n) is 6.26. The van der Waals surface area contributed by atoms with Crippen molar-refractivity contribution in [3.8, 4) is 17.0 Å². The second kappa shape index (κ2) is 10.8. The number of anilines is 2. The summed E-state index contributed by atoms with van der Waals surface area (Å²) in [4.78, 5) is 30.1. The van der Waals surface area contributed by atoms with Gasteiger partial charge in [0.05, 0.1) is 24.3 Å². The minimum atomic E-state index is -0.406. The van der Waals surface area contributed by atoms with Gasteiger partial charge >= 0.3 is 0 Å². The van der Waals surface area contributed by atoms with E-state index < -0.39 is 4.92 Å². The number of carbonyl (C=O) groups excluding carboxylic acids is 1. The second-order valence-electron chi connectivity index (χ2n) is 8.96. The smallest absolute Gasteiger partial charge is 0.270 e. The number of non-ortho nitro benzene ring substituents is 1. The first kappa shape index (κ1) is 24.5. The van der Waals surface area contributed by atoms with Gasteiger partial charge in [0.2, 0.25) is 0 Å². The summed E-state index contributed by atoms with van der Waals surface area (Å²) in [5, 5.41) is 16.9. The summed E-state index contributed by atoms with van der Waals surface area (Å²) < 4.78 is 5.31. The number of aromatic nitrogens is 1. The van der Waals surface area contributed by atoms with E-state index in [9.17, 15) is 14.9 Å². The third-order valence-corrected chi connectivity index (χ3v) is 7.13. The molecule has 1 heterocycles. The van der Waals surface area contributed by atoms with Crippen LogP contribution in [0.3, 0.4) is 0 Å². The molecule has 1 aliphatic rings. The van der Waals surface area contributed by atoms with Crippen molar-refractivity contribution in [2.24, 2.45) is 5.92 Å². The molecule has 0 radical (unpaired) electrons. The summed E-state index contributed by atoms with van der Waals surface area (Å²) in [6.07, 6.45) is 2.39. The first-order valence-corrected chi connectivity index (χ1v) is 12.9. The van der Waals surface area contributed by atoms with E-state index in [0.717, 1.165) is 28.7 Å². The van der Waals surface area contributed by atoms with Crippen LogP contribution in [0.2, 0.25) is 0 Å². The fourth-order valence-electron chi connectivity index (χ4n) is 3.94. The summed E-state index contributed by atoms with van der Waals surface area (Å²) in [5.41, 5.74) is 3.97. The maximum atomic E-state index is 12.4. The lowest BCUT2D eigenvalue weighted by atomic mass is 10.1. The molecule has 8 nitrogen and oxygen atoms in total. The van der Waals surface area contributed by atoms with Crippen LogP contribution in [-0.2, 0) is 6.54 Å². The molecule has 0 bridgehead atoms. The average Bonchev–Trinajstić information content (AvgIpc) is 3.64. The number of nitro groups is 1. The predicted octanol–water partition coefficient (Wildman–Crippen LogP) is 6.21. The van der Waals surface area contributed by atoms with Gasteiger partial charge < -0.3 is 15.0 Å². The molecule has 1 fully saturated rings. The van der Waals surface area contributed by atoms with E-state index in [-0.39, 0.29) is 11.6 Å². The second-order valence-corrected chi connectivity index (χ2v) is 9.79. The molecule has 3 aromatic carbocycles. The molecule has 1 amide bonds. The minimum Gasteiger partial charge on any atom is -0.497 e. The topological polar surface area (TPSA) is 97.6 Å². The molecule has 0 unspecified atom stereocenters. The summed E-state index contributed by atoms with van der Waals surface area (Å²) in [5.74, 6) is 1.33. The van der Waals surface area contributed by atoms with Crippen LogP contribution in [0.5, 0.6) is 5.75 Å². The molecule has 0 spiro atoms. The highest BCUT2D eigenvalue weighted by atomic mass is 32.1. The monoisotopic (exact) mass is 514 g/mol. The number of thiazole rings is 1. The van der Waals surface area contributed by atoms with Gasteiger partial charge in [-0.3, -0.25) is 14.9 Å².